The van der Waals surface area contributed by atoms with Crippen molar-refractivity contribution in [2.24, 2.45) is 5.92 Å². The topological polar surface area (TPSA) is 52.6 Å². The molecule has 0 aromatic rings. The van der Waals surface area contributed by atoms with Crippen molar-refractivity contribution in [2.45, 2.75) is 53.1 Å². The molecule has 0 amide bonds. The zero-order valence-electron chi connectivity index (χ0n) is 11.8. The highest BCUT2D eigenvalue weighted by Crippen LogP contribution is 2.05. The summed E-state index contributed by atoms with van der Waals surface area (Å²) in [6.07, 6.45) is 5.02. The predicted molar refractivity (Wildman–Crippen MR) is 70.0 cm³/mol. The smallest absolute Gasteiger partial charge is 0.331 e. The van der Waals surface area contributed by atoms with E-state index in [1.54, 1.807) is 0 Å². The van der Waals surface area contributed by atoms with Crippen molar-refractivity contribution in [1.29, 1.82) is 0 Å². The van der Waals surface area contributed by atoms with Gasteiger partial charge in [-0.2, -0.15) is 0 Å². The van der Waals surface area contributed by atoms with Crippen LogP contribution in [-0.2, 0) is 19.1 Å². The van der Waals surface area contributed by atoms with Crippen LogP contribution < -0.4 is 0 Å². The molecule has 0 radical (unpaired) electrons. The Labute approximate surface area is 109 Å². The molecule has 1 atom stereocenters. The largest absolute Gasteiger partial charge is 0.463 e. The first kappa shape index (κ1) is 16.7. The number of rotatable bonds is 8. The van der Waals surface area contributed by atoms with Crippen LogP contribution in [0, 0.1) is 5.92 Å². The van der Waals surface area contributed by atoms with E-state index in [9.17, 15) is 9.59 Å². The van der Waals surface area contributed by atoms with Crippen LogP contribution in [0.5, 0.6) is 0 Å². The summed E-state index contributed by atoms with van der Waals surface area (Å²) in [4.78, 5) is 22.5. The Balaban J connectivity index is 3.85. The molecule has 0 aromatic carbocycles. The third-order valence-corrected chi connectivity index (χ3v) is 2.59. The van der Waals surface area contributed by atoms with Crippen LogP contribution in [0.1, 0.15) is 47.0 Å². The van der Waals surface area contributed by atoms with Gasteiger partial charge in [0.25, 0.3) is 0 Å². The van der Waals surface area contributed by atoms with Crippen LogP contribution in [0.25, 0.3) is 0 Å². The van der Waals surface area contributed by atoms with E-state index in [4.69, 9.17) is 9.47 Å². The first-order valence-electron chi connectivity index (χ1n) is 6.52. The lowest BCUT2D eigenvalue weighted by Crippen LogP contribution is -2.19. The van der Waals surface area contributed by atoms with Gasteiger partial charge in [0.2, 0.25) is 0 Å². The maximum Gasteiger partial charge on any atom is 0.331 e. The predicted octanol–water partition coefficient (Wildman–Crippen LogP) is 2.86. The van der Waals surface area contributed by atoms with Gasteiger partial charge in [0.15, 0.2) is 0 Å². The Kier molecular flexibility index (Phi) is 8.97. The molecule has 104 valence electrons. The fraction of sp³-hybridized carbons (Fsp3) is 0.714. The maximum atomic E-state index is 11.3. The molecule has 0 bridgehead atoms. The number of hydrogen-bond acceptors (Lipinski definition) is 4. The van der Waals surface area contributed by atoms with Crippen molar-refractivity contribution in [3.63, 3.8) is 0 Å². The van der Waals surface area contributed by atoms with E-state index in [1.807, 2.05) is 20.8 Å². The lowest BCUT2D eigenvalue weighted by molar-refractivity contribution is -0.145. The van der Waals surface area contributed by atoms with Gasteiger partial charge in [-0.3, -0.25) is 0 Å². The van der Waals surface area contributed by atoms with Crippen molar-refractivity contribution >= 4 is 11.9 Å². The van der Waals surface area contributed by atoms with Crippen LogP contribution in [0.4, 0.5) is 0 Å². The number of ether oxygens (including phenoxy) is 2. The van der Waals surface area contributed by atoms with Gasteiger partial charge in [-0.05, 0) is 19.3 Å². The van der Waals surface area contributed by atoms with Gasteiger partial charge in [-0.1, -0.05) is 33.6 Å². The van der Waals surface area contributed by atoms with Crippen LogP contribution in [0.3, 0.4) is 0 Å². The average Bonchev–Trinajstić information content (AvgIpc) is 2.32. The molecule has 0 aliphatic heterocycles. The molecule has 0 saturated carbocycles. The molecule has 0 N–H and O–H groups in total. The van der Waals surface area contributed by atoms with Gasteiger partial charge >= 0.3 is 11.9 Å². The molecule has 0 fully saturated rings. The maximum absolute atomic E-state index is 11.3. The minimum absolute atomic E-state index is 0.164. The van der Waals surface area contributed by atoms with Crippen molar-refractivity contribution in [1.82, 2.24) is 0 Å². The number of carbonyl (C=O) groups is 2. The van der Waals surface area contributed by atoms with E-state index in [-0.39, 0.29) is 12.0 Å². The lowest BCUT2D eigenvalue weighted by Gasteiger charge is -2.14. The summed E-state index contributed by atoms with van der Waals surface area (Å²) in [5, 5.41) is 0. The first-order valence-corrected chi connectivity index (χ1v) is 6.52. The normalized spacial score (nSPS) is 12.7. The summed E-state index contributed by atoms with van der Waals surface area (Å²) in [6, 6.07) is 0. The highest BCUT2D eigenvalue weighted by molar-refractivity contribution is 5.91. The zero-order valence-corrected chi connectivity index (χ0v) is 11.8. The van der Waals surface area contributed by atoms with E-state index < -0.39 is 11.9 Å². The van der Waals surface area contributed by atoms with E-state index in [0.29, 0.717) is 6.61 Å². The SMILES string of the molecule is CCCCCOC(=O)/C=C/C(=O)OC(C)C(C)C. The Morgan fingerprint density at radius 3 is 2.22 bits per heavy atom. The Morgan fingerprint density at radius 1 is 1.06 bits per heavy atom. The summed E-state index contributed by atoms with van der Waals surface area (Å²) >= 11 is 0. The third kappa shape index (κ3) is 8.79. The van der Waals surface area contributed by atoms with Crippen molar-refractivity contribution in [2.75, 3.05) is 6.61 Å². The molecule has 0 spiro atoms. The zero-order chi connectivity index (χ0) is 14.0. The van der Waals surface area contributed by atoms with Crippen molar-refractivity contribution in [3.05, 3.63) is 12.2 Å². The Hall–Kier alpha value is -1.32. The standard InChI is InChI=1S/C14H24O4/c1-5-6-7-10-17-13(15)8-9-14(16)18-12(4)11(2)3/h8-9,11-12H,5-7,10H2,1-4H3/b9-8+. The molecular formula is C14H24O4. The lowest BCUT2D eigenvalue weighted by atomic mass is 10.1. The van der Waals surface area contributed by atoms with Crippen LogP contribution in [-0.4, -0.2) is 24.6 Å². The summed E-state index contributed by atoms with van der Waals surface area (Å²) in [7, 11) is 0. The molecule has 1 unspecified atom stereocenters. The average molecular weight is 256 g/mol. The first-order chi connectivity index (χ1) is 8.47. The second-order valence-corrected chi connectivity index (χ2v) is 4.59. The highest BCUT2D eigenvalue weighted by Gasteiger charge is 2.10. The summed E-state index contributed by atoms with van der Waals surface area (Å²) in [6.45, 7) is 8.22. The van der Waals surface area contributed by atoms with Gasteiger partial charge < -0.3 is 9.47 Å². The summed E-state index contributed by atoms with van der Waals surface area (Å²) in [5.41, 5.74) is 0. The van der Waals surface area contributed by atoms with Gasteiger partial charge in [-0.15, -0.1) is 0 Å². The second kappa shape index (κ2) is 9.68. The number of carbonyl (C=O) groups excluding carboxylic acids is 2. The number of hydrogen-bond donors (Lipinski definition) is 0. The molecule has 0 heterocycles. The monoisotopic (exact) mass is 256 g/mol. The Bertz CT molecular complexity index is 282. The van der Waals surface area contributed by atoms with E-state index in [1.165, 1.54) is 0 Å². The molecule has 4 nitrogen and oxygen atoms in total. The number of esters is 2. The minimum atomic E-state index is -0.512. The van der Waals surface area contributed by atoms with E-state index >= 15 is 0 Å². The van der Waals surface area contributed by atoms with Crippen molar-refractivity contribution < 1.29 is 19.1 Å². The molecule has 0 aromatic heterocycles. The highest BCUT2D eigenvalue weighted by atomic mass is 16.5. The van der Waals surface area contributed by atoms with E-state index in [2.05, 4.69) is 6.92 Å². The Morgan fingerprint density at radius 2 is 1.67 bits per heavy atom. The van der Waals surface area contributed by atoms with E-state index in [0.717, 1.165) is 31.4 Å². The quantitative estimate of drug-likeness (QED) is 0.380. The molecule has 4 heteroatoms. The van der Waals surface area contributed by atoms with Crippen LogP contribution in [0.2, 0.25) is 0 Å². The van der Waals surface area contributed by atoms with Crippen molar-refractivity contribution in [3.8, 4) is 0 Å². The van der Waals surface area contributed by atoms with Gasteiger partial charge in [0.05, 0.1) is 6.61 Å². The molecule has 0 aliphatic rings. The van der Waals surface area contributed by atoms with Gasteiger partial charge in [0.1, 0.15) is 6.10 Å². The van der Waals surface area contributed by atoms with Gasteiger partial charge in [-0.25, -0.2) is 9.59 Å². The molecule has 0 saturated heterocycles. The molecule has 0 rings (SSSR count). The minimum Gasteiger partial charge on any atom is -0.463 e. The summed E-state index contributed by atoms with van der Waals surface area (Å²) in [5.74, 6) is -0.759. The summed E-state index contributed by atoms with van der Waals surface area (Å²) < 4.78 is 9.99. The molecule has 0 aliphatic carbocycles. The van der Waals surface area contributed by atoms with Crippen LogP contribution >= 0.6 is 0 Å². The van der Waals surface area contributed by atoms with Crippen LogP contribution in [0.15, 0.2) is 12.2 Å². The fourth-order valence-electron chi connectivity index (χ4n) is 1.07. The second-order valence-electron chi connectivity index (χ2n) is 4.59. The fourth-order valence-corrected chi connectivity index (χ4v) is 1.07. The molecule has 18 heavy (non-hydrogen) atoms. The van der Waals surface area contributed by atoms with Gasteiger partial charge in [0, 0.05) is 12.2 Å². The molecular weight excluding hydrogens is 232 g/mol. The number of unbranched alkanes of at least 4 members (excludes halogenated alkanes) is 2. The third-order valence-electron chi connectivity index (χ3n) is 2.59.